The molecule has 102 valence electrons. The summed E-state index contributed by atoms with van der Waals surface area (Å²) >= 11 is 5.62. The van der Waals surface area contributed by atoms with E-state index in [-0.39, 0.29) is 0 Å². The Kier molecular flexibility index (Phi) is 2.53. The number of thiophene rings is 1. The smallest absolute Gasteiger partial charge is 0.0704 e. The summed E-state index contributed by atoms with van der Waals surface area (Å²) in [4.78, 5) is 1.63. The van der Waals surface area contributed by atoms with Gasteiger partial charge in [0.05, 0.1) is 3.79 Å². The van der Waals surface area contributed by atoms with Crippen LogP contribution in [0.1, 0.15) is 48.6 Å². The van der Waals surface area contributed by atoms with Crippen molar-refractivity contribution in [1.82, 2.24) is 5.32 Å². The highest BCUT2D eigenvalue weighted by molar-refractivity contribution is 9.11. The minimum atomic E-state index is 0.654. The fraction of sp³-hybridized carbons (Fsp3) is 0.750. The third-order valence-corrected chi connectivity index (χ3v) is 7.93. The number of rotatable bonds is 2. The average molecular weight is 338 g/mol. The predicted octanol–water partition coefficient (Wildman–Crippen LogP) is 4.52. The van der Waals surface area contributed by atoms with Gasteiger partial charge in [0.1, 0.15) is 0 Å². The highest BCUT2D eigenvalue weighted by atomic mass is 79.9. The topological polar surface area (TPSA) is 12.0 Å². The van der Waals surface area contributed by atoms with Crippen molar-refractivity contribution in [3.8, 4) is 0 Å². The minimum Gasteiger partial charge on any atom is -0.307 e. The summed E-state index contributed by atoms with van der Waals surface area (Å²) in [7, 11) is 0. The molecule has 0 saturated heterocycles. The van der Waals surface area contributed by atoms with Gasteiger partial charge in [0.25, 0.3) is 0 Å². The molecule has 0 aromatic carbocycles. The third-order valence-electron chi connectivity index (χ3n) is 6.21. The van der Waals surface area contributed by atoms with Crippen LogP contribution >= 0.6 is 27.3 Å². The van der Waals surface area contributed by atoms with Crippen LogP contribution in [0.25, 0.3) is 0 Å². The molecule has 3 fully saturated rings. The van der Waals surface area contributed by atoms with E-state index in [0.29, 0.717) is 6.04 Å². The Bertz CT molecular complexity index is 509. The Labute approximate surface area is 127 Å². The summed E-state index contributed by atoms with van der Waals surface area (Å²) in [6, 6.07) is 3.91. The van der Waals surface area contributed by atoms with Crippen molar-refractivity contribution in [2.45, 2.75) is 50.6 Å². The molecule has 0 spiro atoms. The lowest BCUT2D eigenvalue weighted by atomic mass is 9.93. The Hall–Kier alpha value is 0.140. The normalized spacial score (nSPS) is 46.2. The van der Waals surface area contributed by atoms with Gasteiger partial charge in [-0.25, -0.2) is 0 Å². The molecule has 4 aliphatic rings. The third kappa shape index (κ3) is 1.67. The van der Waals surface area contributed by atoms with Crippen LogP contribution in [0.3, 0.4) is 0 Å². The zero-order valence-electron chi connectivity index (χ0n) is 11.1. The molecule has 1 nitrogen and oxygen atoms in total. The zero-order valence-corrected chi connectivity index (χ0v) is 13.5. The highest BCUT2D eigenvalue weighted by Crippen LogP contribution is 2.66. The van der Waals surface area contributed by atoms with E-state index in [4.69, 9.17) is 0 Å². The first-order chi connectivity index (χ1) is 9.31. The number of hydrogen-bond donors (Lipinski definition) is 1. The average Bonchev–Trinajstić information content (AvgIpc) is 2.80. The summed E-state index contributed by atoms with van der Waals surface area (Å²) in [5.74, 6) is 4.30. The Morgan fingerprint density at radius 2 is 1.95 bits per heavy atom. The van der Waals surface area contributed by atoms with Crippen LogP contribution in [0.5, 0.6) is 0 Å². The lowest BCUT2D eigenvalue weighted by molar-refractivity contribution is 0.394. The lowest BCUT2D eigenvalue weighted by Gasteiger charge is -2.25. The molecule has 5 rings (SSSR count). The molecule has 0 radical (unpaired) electrons. The molecule has 5 atom stereocenters. The Morgan fingerprint density at radius 3 is 2.74 bits per heavy atom. The van der Waals surface area contributed by atoms with Crippen LogP contribution in [0.4, 0.5) is 0 Å². The molecule has 2 bridgehead atoms. The fourth-order valence-corrected chi connectivity index (χ4v) is 7.29. The number of aryl methyl sites for hydroxylation is 1. The standard InChI is InChI=1S/C16H20BrNS/c17-13-7-10-11(2-1-3-12(10)19-13)18-16-14-8-4-5-9(6-8)15(14)16/h7-9,11,14-16,18H,1-6H2. The van der Waals surface area contributed by atoms with Crippen LogP contribution in [0.2, 0.25) is 0 Å². The molecule has 5 unspecified atom stereocenters. The van der Waals surface area contributed by atoms with E-state index in [1.807, 2.05) is 11.3 Å². The molecular weight excluding hydrogens is 318 g/mol. The highest BCUT2D eigenvalue weighted by Gasteiger charge is 2.65. The van der Waals surface area contributed by atoms with Crippen molar-refractivity contribution >= 4 is 27.3 Å². The molecule has 0 aliphatic heterocycles. The van der Waals surface area contributed by atoms with E-state index in [1.165, 1.54) is 35.9 Å². The fourth-order valence-electron chi connectivity index (χ4n) is 5.47. The van der Waals surface area contributed by atoms with Crippen molar-refractivity contribution in [1.29, 1.82) is 0 Å². The first-order valence-corrected chi connectivity index (χ1v) is 9.46. The van der Waals surface area contributed by atoms with Gasteiger partial charge in [0.2, 0.25) is 0 Å². The summed E-state index contributed by atoms with van der Waals surface area (Å²) in [6.07, 6.45) is 8.64. The second kappa shape index (κ2) is 4.08. The maximum absolute atomic E-state index is 4.05. The second-order valence-electron chi connectivity index (χ2n) is 7.05. The van der Waals surface area contributed by atoms with Gasteiger partial charge in [-0.15, -0.1) is 11.3 Å². The summed E-state index contributed by atoms with van der Waals surface area (Å²) in [6.45, 7) is 0. The summed E-state index contributed by atoms with van der Waals surface area (Å²) in [5, 5.41) is 4.05. The molecular formula is C16H20BrNS. The van der Waals surface area contributed by atoms with Crippen molar-refractivity contribution in [3.05, 3.63) is 20.3 Å². The molecule has 1 heterocycles. The maximum atomic E-state index is 4.05. The molecule has 4 aliphatic carbocycles. The largest absolute Gasteiger partial charge is 0.307 e. The first-order valence-electron chi connectivity index (χ1n) is 7.85. The van der Waals surface area contributed by atoms with Crippen LogP contribution in [0, 0.1) is 23.7 Å². The zero-order chi connectivity index (χ0) is 12.6. The monoisotopic (exact) mass is 337 g/mol. The van der Waals surface area contributed by atoms with Crippen molar-refractivity contribution in [2.24, 2.45) is 23.7 Å². The van der Waals surface area contributed by atoms with Crippen LogP contribution in [0.15, 0.2) is 9.85 Å². The Morgan fingerprint density at radius 1 is 1.16 bits per heavy atom. The maximum Gasteiger partial charge on any atom is 0.0704 e. The van der Waals surface area contributed by atoms with Gasteiger partial charge in [0.15, 0.2) is 0 Å². The predicted molar refractivity (Wildman–Crippen MR) is 82.4 cm³/mol. The van der Waals surface area contributed by atoms with E-state index in [1.54, 1.807) is 16.9 Å². The minimum absolute atomic E-state index is 0.654. The van der Waals surface area contributed by atoms with Crippen LogP contribution < -0.4 is 5.32 Å². The van der Waals surface area contributed by atoms with E-state index >= 15 is 0 Å². The van der Waals surface area contributed by atoms with Crippen LogP contribution in [-0.4, -0.2) is 6.04 Å². The van der Waals surface area contributed by atoms with Gasteiger partial charge >= 0.3 is 0 Å². The molecule has 1 aromatic heterocycles. The van der Waals surface area contributed by atoms with Crippen molar-refractivity contribution < 1.29 is 0 Å². The number of hydrogen-bond acceptors (Lipinski definition) is 2. The van der Waals surface area contributed by atoms with Gasteiger partial charge < -0.3 is 5.32 Å². The van der Waals surface area contributed by atoms with Crippen molar-refractivity contribution in [2.75, 3.05) is 0 Å². The van der Waals surface area contributed by atoms with Crippen LogP contribution in [-0.2, 0) is 6.42 Å². The van der Waals surface area contributed by atoms with Gasteiger partial charge in [-0.2, -0.15) is 0 Å². The number of nitrogens with one attached hydrogen (secondary N) is 1. The summed E-state index contributed by atoms with van der Waals surface area (Å²) < 4.78 is 1.32. The van der Waals surface area contributed by atoms with Gasteiger partial charge in [-0.05, 0) is 89.8 Å². The van der Waals surface area contributed by atoms with E-state index in [9.17, 15) is 0 Å². The summed E-state index contributed by atoms with van der Waals surface area (Å²) in [5.41, 5.74) is 1.61. The van der Waals surface area contributed by atoms with E-state index < -0.39 is 0 Å². The Balaban J connectivity index is 1.36. The van der Waals surface area contributed by atoms with Gasteiger partial charge in [-0.3, -0.25) is 0 Å². The van der Waals surface area contributed by atoms with E-state index in [0.717, 1.165) is 29.7 Å². The molecule has 3 saturated carbocycles. The van der Waals surface area contributed by atoms with E-state index in [2.05, 4.69) is 27.3 Å². The number of fused-ring (bicyclic) bond motifs is 6. The molecule has 3 heteroatoms. The molecule has 0 amide bonds. The van der Waals surface area contributed by atoms with Crippen molar-refractivity contribution in [3.63, 3.8) is 0 Å². The number of halogens is 1. The first kappa shape index (κ1) is 11.8. The molecule has 1 N–H and O–H groups in total. The SMILES string of the molecule is Brc1cc2c(s1)CCCC2NC1C2C3CCC(C3)C12. The lowest BCUT2D eigenvalue weighted by Crippen LogP contribution is -2.29. The van der Waals surface area contributed by atoms with Gasteiger partial charge in [-0.1, -0.05) is 0 Å². The molecule has 19 heavy (non-hydrogen) atoms. The van der Waals surface area contributed by atoms with Gasteiger partial charge in [0, 0.05) is 17.0 Å². The quantitative estimate of drug-likeness (QED) is 0.836. The molecule has 1 aromatic rings. The second-order valence-corrected chi connectivity index (χ2v) is 9.57.